The molecular formula is C17H13BrFNO2. The number of hydrogen-bond acceptors (Lipinski definition) is 2. The maximum absolute atomic E-state index is 13.5. The van der Waals surface area contributed by atoms with E-state index in [1.165, 1.54) is 6.07 Å². The van der Waals surface area contributed by atoms with Crippen LogP contribution in [0.2, 0.25) is 0 Å². The molecule has 0 aliphatic carbocycles. The summed E-state index contributed by atoms with van der Waals surface area (Å²) in [4.78, 5) is 11.5. The van der Waals surface area contributed by atoms with Gasteiger partial charge in [-0.1, -0.05) is 48.2 Å². The van der Waals surface area contributed by atoms with Crippen molar-refractivity contribution in [3.05, 3.63) is 69.9 Å². The molecule has 0 atom stereocenters. The van der Waals surface area contributed by atoms with Crippen molar-refractivity contribution in [1.29, 1.82) is 0 Å². The Morgan fingerprint density at radius 3 is 2.68 bits per heavy atom. The maximum Gasteiger partial charge on any atom is 0.408 e. The summed E-state index contributed by atoms with van der Waals surface area (Å²) < 4.78 is 19.1. The average molecular weight is 362 g/mol. The molecule has 0 aromatic heterocycles. The molecule has 2 aromatic carbocycles. The van der Waals surface area contributed by atoms with Gasteiger partial charge in [0.2, 0.25) is 0 Å². The van der Waals surface area contributed by atoms with Gasteiger partial charge in [0.25, 0.3) is 0 Å². The second-order valence-corrected chi connectivity index (χ2v) is 5.17. The summed E-state index contributed by atoms with van der Waals surface area (Å²) >= 11 is 3.22. The van der Waals surface area contributed by atoms with Crippen LogP contribution in [0.1, 0.15) is 11.1 Å². The molecule has 112 valence electrons. The van der Waals surface area contributed by atoms with Crippen molar-refractivity contribution in [2.24, 2.45) is 0 Å². The molecule has 1 N–H and O–H groups in total. The zero-order valence-corrected chi connectivity index (χ0v) is 13.2. The minimum absolute atomic E-state index is 0.0778. The Bertz CT molecular complexity index is 687. The molecule has 5 heteroatoms. The van der Waals surface area contributed by atoms with E-state index in [1.807, 2.05) is 30.3 Å². The van der Waals surface area contributed by atoms with Crippen LogP contribution in [0.15, 0.2) is 53.0 Å². The van der Waals surface area contributed by atoms with Crippen LogP contribution >= 0.6 is 15.9 Å². The minimum atomic E-state index is -0.564. The van der Waals surface area contributed by atoms with Gasteiger partial charge < -0.3 is 10.1 Å². The summed E-state index contributed by atoms with van der Waals surface area (Å²) in [5.74, 6) is 4.94. The molecule has 1 amide bonds. The summed E-state index contributed by atoms with van der Waals surface area (Å²) in [6, 6.07) is 14.0. The first-order valence-corrected chi connectivity index (χ1v) is 7.33. The molecule has 0 radical (unpaired) electrons. The van der Waals surface area contributed by atoms with Gasteiger partial charge in [-0.2, -0.15) is 0 Å². The lowest BCUT2D eigenvalue weighted by Crippen LogP contribution is -2.24. The highest BCUT2D eigenvalue weighted by Gasteiger charge is 2.03. The van der Waals surface area contributed by atoms with Crippen molar-refractivity contribution in [2.75, 3.05) is 6.54 Å². The molecule has 0 aliphatic heterocycles. The fraction of sp³-hybridized carbons (Fsp3) is 0.118. The van der Waals surface area contributed by atoms with Crippen LogP contribution in [0.5, 0.6) is 0 Å². The van der Waals surface area contributed by atoms with Crippen LogP contribution in [0.3, 0.4) is 0 Å². The second kappa shape index (κ2) is 8.20. The van der Waals surface area contributed by atoms with Gasteiger partial charge in [0.05, 0.1) is 12.1 Å². The first-order valence-electron chi connectivity index (χ1n) is 6.54. The first kappa shape index (κ1) is 16.1. The molecule has 0 fully saturated rings. The molecule has 2 aromatic rings. The Kier molecular flexibility index (Phi) is 5.99. The van der Waals surface area contributed by atoms with E-state index in [-0.39, 0.29) is 18.7 Å². The Balaban J connectivity index is 1.79. The topological polar surface area (TPSA) is 38.3 Å². The van der Waals surface area contributed by atoms with E-state index in [9.17, 15) is 9.18 Å². The van der Waals surface area contributed by atoms with Crippen LogP contribution in [0.4, 0.5) is 9.18 Å². The van der Waals surface area contributed by atoms with Crippen LogP contribution in [0, 0.1) is 17.7 Å². The standard InChI is InChI=1S/C17H13BrFNO2/c18-15-9-4-10-16(19)14(15)8-5-11-20-17(21)22-12-13-6-2-1-3-7-13/h1-4,6-7,9-10H,11-12H2,(H,20,21). The van der Waals surface area contributed by atoms with Gasteiger partial charge in [0, 0.05) is 4.47 Å². The lowest BCUT2D eigenvalue weighted by Gasteiger charge is -2.04. The number of nitrogens with one attached hydrogen (secondary N) is 1. The molecule has 0 unspecified atom stereocenters. The van der Waals surface area contributed by atoms with Crippen LogP contribution < -0.4 is 5.32 Å². The molecule has 0 spiro atoms. The third-order valence-corrected chi connectivity index (χ3v) is 3.37. The summed E-state index contributed by atoms with van der Waals surface area (Å²) in [5.41, 5.74) is 1.17. The number of rotatable bonds is 3. The lowest BCUT2D eigenvalue weighted by atomic mass is 10.2. The Labute approximate surface area is 136 Å². The number of ether oxygens (including phenoxy) is 1. The van der Waals surface area contributed by atoms with E-state index in [0.29, 0.717) is 4.47 Å². The van der Waals surface area contributed by atoms with Crippen LogP contribution in [-0.4, -0.2) is 12.6 Å². The monoisotopic (exact) mass is 361 g/mol. The Morgan fingerprint density at radius 1 is 1.18 bits per heavy atom. The van der Waals surface area contributed by atoms with Crippen molar-refractivity contribution < 1.29 is 13.9 Å². The molecule has 0 bridgehead atoms. The molecule has 0 saturated carbocycles. The largest absolute Gasteiger partial charge is 0.445 e. The fourth-order valence-corrected chi connectivity index (χ4v) is 2.08. The predicted octanol–water partition coefficient (Wildman–Crippen LogP) is 3.87. The average Bonchev–Trinajstić information content (AvgIpc) is 2.53. The smallest absolute Gasteiger partial charge is 0.408 e. The van der Waals surface area contributed by atoms with Crippen LogP contribution in [0.25, 0.3) is 0 Å². The van der Waals surface area contributed by atoms with Crippen molar-refractivity contribution in [3.63, 3.8) is 0 Å². The number of halogens is 2. The first-order chi connectivity index (χ1) is 10.7. The molecule has 0 aliphatic rings. The van der Waals surface area contributed by atoms with Crippen molar-refractivity contribution in [1.82, 2.24) is 5.32 Å². The van der Waals surface area contributed by atoms with Crippen molar-refractivity contribution >= 4 is 22.0 Å². The van der Waals surface area contributed by atoms with E-state index in [2.05, 4.69) is 33.1 Å². The van der Waals surface area contributed by atoms with Gasteiger partial charge >= 0.3 is 6.09 Å². The van der Waals surface area contributed by atoms with E-state index < -0.39 is 11.9 Å². The molecule has 0 saturated heterocycles. The number of carbonyl (C=O) groups excluding carboxylic acids is 1. The highest BCUT2D eigenvalue weighted by atomic mass is 79.9. The zero-order valence-electron chi connectivity index (χ0n) is 11.6. The number of amides is 1. The Hall–Kier alpha value is -2.32. The SMILES string of the molecule is O=C(NCC#Cc1c(F)cccc1Br)OCc1ccccc1. The normalized spacial score (nSPS) is 9.55. The maximum atomic E-state index is 13.5. The fourth-order valence-electron chi connectivity index (χ4n) is 1.64. The van der Waals surface area contributed by atoms with Gasteiger partial charge in [-0.05, 0) is 33.6 Å². The van der Waals surface area contributed by atoms with Gasteiger partial charge in [0.15, 0.2) is 0 Å². The summed E-state index contributed by atoms with van der Waals surface area (Å²) in [7, 11) is 0. The highest BCUT2D eigenvalue weighted by Crippen LogP contribution is 2.17. The number of benzene rings is 2. The molecule has 22 heavy (non-hydrogen) atoms. The zero-order chi connectivity index (χ0) is 15.8. The third kappa shape index (κ3) is 4.90. The summed E-state index contributed by atoms with van der Waals surface area (Å²) in [6.45, 7) is 0.271. The van der Waals surface area contributed by atoms with E-state index in [1.54, 1.807) is 12.1 Å². The van der Waals surface area contributed by atoms with E-state index in [4.69, 9.17) is 4.74 Å². The van der Waals surface area contributed by atoms with E-state index in [0.717, 1.165) is 5.56 Å². The van der Waals surface area contributed by atoms with Gasteiger partial charge in [-0.25, -0.2) is 9.18 Å². The van der Waals surface area contributed by atoms with Gasteiger partial charge in [-0.3, -0.25) is 0 Å². The summed E-state index contributed by atoms with van der Waals surface area (Å²) in [5, 5.41) is 2.49. The third-order valence-electron chi connectivity index (χ3n) is 2.71. The number of alkyl carbamates (subject to hydrolysis) is 1. The van der Waals surface area contributed by atoms with Crippen molar-refractivity contribution in [3.8, 4) is 11.8 Å². The quantitative estimate of drug-likeness (QED) is 0.842. The highest BCUT2D eigenvalue weighted by molar-refractivity contribution is 9.10. The van der Waals surface area contributed by atoms with Crippen LogP contribution in [-0.2, 0) is 11.3 Å². The Morgan fingerprint density at radius 2 is 1.95 bits per heavy atom. The lowest BCUT2D eigenvalue weighted by molar-refractivity contribution is 0.141. The molecular weight excluding hydrogens is 349 g/mol. The number of hydrogen-bond donors (Lipinski definition) is 1. The molecule has 3 nitrogen and oxygen atoms in total. The van der Waals surface area contributed by atoms with Crippen molar-refractivity contribution in [2.45, 2.75) is 6.61 Å². The van der Waals surface area contributed by atoms with E-state index >= 15 is 0 Å². The summed E-state index contributed by atoms with van der Waals surface area (Å²) in [6.07, 6.45) is -0.564. The second-order valence-electron chi connectivity index (χ2n) is 4.31. The molecule has 2 rings (SSSR count). The molecule has 0 heterocycles. The number of carbonyl (C=O) groups is 1. The minimum Gasteiger partial charge on any atom is -0.445 e. The predicted molar refractivity (Wildman–Crippen MR) is 85.6 cm³/mol. The van der Waals surface area contributed by atoms with Gasteiger partial charge in [0.1, 0.15) is 12.4 Å². The van der Waals surface area contributed by atoms with Gasteiger partial charge in [-0.15, -0.1) is 0 Å².